The van der Waals surface area contributed by atoms with Crippen molar-refractivity contribution in [2.45, 2.75) is 24.7 Å². The predicted molar refractivity (Wildman–Crippen MR) is 75.6 cm³/mol. The van der Waals surface area contributed by atoms with Crippen LogP contribution in [0.5, 0.6) is 5.75 Å². The number of benzene rings is 1. The van der Waals surface area contributed by atoms with Gasteiger partial charge in [0, 0.05) is 12.5 Å². The summed E-state index contributed by atoms with van der Waals surface area (Å²) in [5.41, 5.74) is 0.0593. The van der Waals surface area contributed by atoms with Crippen LogP contribution in [0.25, 0.3) is 0 Å². The van der Waals surface area contributed by atoms with Crippen molar-refractivity contribution in [3.05, 3.63) is 41.6 Å². The molecule has 0 spiro atoms. The maximum atomic E-state index is 13.4. The zero-order valence-corrected chi connectivity index (χ0v) is 12.5. The lowest BCUT2D eigenvalue weighted by atomic mass is 9.97. The summed E-state index contributed by atoms with van der Waals surface area (Å²) in [6, 6.07) is 5.13. The lowest BCUT2D eigenvalue weighted by Crippen LogP contribution is -2.35. The van der Waals surface area contributed by atoms with Crippen molar-refractivity contribution in [3.8, 4) is 5.75 Å². The van der Waals surface area contributed by atoms with Crippen LogP contribution in [0.4, 0.5) is 19.0 Å². The maximum Gasteiger partial charge on any atom is 0.410 e. The second-order valence-electron chi connectivity index (χ2n) is 5.41. The van der Waals surface area contributed by atoms with Crippen molar-refractivity contribution < 1.29 is 27.8 Å². The Hall–Kier alpha value is -2.71. The SMILES string of the molecule is COc1cccc([C@@H]2C[C@@H](C(F)(F)F)n3nc(C(=O)[O-])cc3N2)c1. The van der Waals surface area contributed by atoms with E-state index in [1.54, 1.807) is 24.3 Å². The molecule has 0 unspecified atom stereocenters. The lowest BCUT2D eigenvalue weighted by molar-refractivity contribution is -0.255. The fraction of sp³-hybridized carbons (Fsp3) is 0.333. The summed E-state index contributed by atoms with van der Waals surface area (Å²) < 4.78 is 45.9. The molecular formula is C15H13F3N3O3-. The van der Waals surface area contributed by atoms with E-state index in [4.69, 9.17) is 4.74 Å². The number of rotatable bonds is 3. The first-order valence-electron chi connectivity index (χ1n) is 7.07. The Labute approximate surface area is 134 Å². The Morgan fingerprint density at radius 2 is 2.17 bits per heavy atom. The zero-order chi connectivity index (χ0) is 17.5. The number of methoxy groups -OCH3 is 1. The molecule has 3 rings (SSSR count). The number of carbonyl (C=O) groups excluding carboxylic acids is 1. The summed E-state index contributed by atoms with van der Waals surface area (Å²) in [7, 11) is 1.47. The summed E-state index contributed by atoms with van der Waals surface area (Å²) in [6.45, 7) is 0. The van der Waals surface area contributed by atoms with Gasteiger partial charge in [0.15, 0.2) is 6.04 Å². The number of alkyl halides is 3. The molecule has 6 nitrogen and oxygen atoms in total. The number of hydrogen-bond donors (Lipinski definition) is 1. The van der Waals surface area contributed by atoms with E-state index in [9.17, 15) is 23.1 Å². The monoisotopic (exact) mass is 340 g/mol. The molecule has 2 atom stereocenters. The van der Waals surface area contributed by atoms with Crippen molar-refractivity contribution in [2.24, 2.45) is 0 Å². The molecule has 0 bridgehead atoms. The van der Waals surface area contributed by atoms with Gasteiger partial charge in [-0.1, -0.05) is 12.1 Å². The number of aromatic nitrogens is 2. The summed E-state index contributed by atoms with van der Waals surface area (Å²) in [5, 5.41) is 17.3. The number of nitrogens with one attached hydrogen (secondary N) is 1. The Bertz CT molecular complexity index is 773. The Morgan fingerprint density at radius 3 is 2.79 bits per heavy atom. The van der Waals surface area contributed by atoms with Gasteiger partial charge in [0.05, 0.1) is 19.1 Å². The van der Waals surface area contributed by atoms with Gasteiger partial charge in [-0.3, -0.25) is 0 Å². The number of halogens is 3. The molecule has 2 heterocycles. The van der Waals surface area contributed by atoms with E-state index in [1.165, 1.54) is 7.11 Å². The van der Waals surface area contributed by atoms with Gasteiger partial charge in [0.1, 0.15) is 17.3 Å². The van der Waals surface area contributed by atoms with E-state index >= 15 is 0 Å². The molecule has 1 aliphatic rings. The van der Waals surface area contributed by atoms with E-state index in [-0.39, 0.29) is 12.2 Å². The number of carbonyl (C=O) groups is 1. The van der Waals surface area contributed by atoms with Gasteiger partial charge in [-0.2, -0.15) is 18.3 Å². The fourth-order valence-electron chi connectivity index (χ4n) is 2.75. The van der Waals surface area contributed by atoms with E-state index in [2.05, 4.69) is 10.4 Å². The van der Waals surface area contributed by atoms with Gasteiger partial charge in [-0.25, -0.2) is 4.68 Å². The first kappa shape index (κ1) is 16.2. The second-order valence-corrected chi connectivity index (χ2v) is 5.41. The number of carboxylic acids is 1. The summed E-state index contributed by atoms with van der Waals surface area (Å²) in [6.07, 6.45) is -4.89. The fourth-order valence-corrected chi connectivity index (χ4v) is 2.75. The van der Waals surface area contributed by atoms with Crippen LogP contribution in [-0.4, -0.2) is 29.0 Å². The normalized spacial score (nSPS) is 20.2. The Morgan fingerprint density at radius 1 is 1.42 bits per heavy atom. The van der Waals surface area contributed by atoms with Crippen molar-refractivity contribution in [3.63, 3.8) is 0 Å². The molecule has 0 saturated carbocycles. The molecule has 1 aromatic heterocycles. The van der Waals surface area contributed by atoms with Gasteiger partial charge < -0.3 is 20.0 Å². The standard InChI is InChI=1S/C15H14F3N3O3/c1-24-9-4-2-3-8(5-9)10-6-12(15(16,17)18)21-13(19-10)7-11(20-21)14(22)23/h2-5,7,10,12,19H,6H2,1H3,(H,22,23)/p-1/t10-,12-/m0/s1. The molecule has 1 N–H and O–H groups in total. The number of ether oxygens (including phenoxy) is 1. The highest BCUT2D eigenvalue weighted by Gasteiger charge is 2.46. The van der Waals surface area contributed by atoms with Gasteiger partial charge in [-0.05, 0) is 17.7 Å². The number of fused-ring (bicyclic) bond motifs is 1. The number of nitrogens with zero attached hydrogens (tertiary/aromatic N) is 2. The molecule has 0 radical (unpaired) electrons. The summed E-state index contributed by atoms with van der Waals surface area (Å²) >= 11 is 0. The van der Waals surface area contributed by atoms with Crippen LogP contribution >= 0.6 is 0 Å². The van der Waals surface area contributed by atoms with Crippen molar-refractivity contribution in [1.29, 1.82) is 0 Å². The molecule has 1 aromatic carbocycles. The van der Waals surface area contributed by atoms with Crippen LogP contribution in [0.15, 0.2) is 30.3 Å². The molecule has 0 amide bonds. The lowest BCUT2D eigenvalue weighted by Gasteiger charge is -2.33. The van der Waals surface area contributed by atoms with Crippen molar-refractivity contribution >= 4 is 11.8 Å². The quantitative estimate of drug-likeness (QED) is 0.923. The molecule has 0 saturated heterocycles. The van der Waals surface area contributed by atoms with Crippen LogP contribution in [0.3, 0.4) is 0 Å². The number of aromatic carboxylic acids is 1. The molecule has 24 heavy (non-hydrogen) atoms. The number of hydrogen-bond acceptors (Lipinski definition) is 5. The minimum atomic E-state index is -4.57. The molecule has 2 aromatic rings. The van der Waals surface area contributed by atoms with Crippen LogP contribution in [-0.2, 0) is 0 Å². The second kappa shape index (κ2) is 5.73. The highest BCUT2D eigenvalue weighted by Crippen LogP contribution is 2.43. The van der Waals surface area contributed by atoms with Gasteiger partial charge >= 0.3 is 6.18 Å². The Kier molecular flexibility index (Phi) is 3.86. The topological polar surface area (TPSA) is 79.2 Å². The average Bonchev–Trinajstić information content (AvgIpc) is 2.97. The third-order valence-corrected chi connectivity index (χ3v) is 3.90. The summed E-state index contributed by atoms with van der Waals surface area (Å²) in [5.74, 6) is -1.12. The zero-order valence-electron chi connectivity index (χ0n) is 12.5. The predicted octanol–water partition coefficient (Wildman–Crippen LogP) is 1.92. The molecule has 128 valence electrons. The van der Waals surface area contributed by atoms with E-state index in [0.717, 1.165) is 6.07 Å². The first-order chi connectivity index (χ1) is 11.3. The number of anilines is 1. The van der Waals surface area contributed by atoms with Crippen LogP contribution in [0, 0.1) is 0 Å². The molecule has 0 fully saturated rings. The van der Waals surface area contributed by atoms with E-state index < -0.39 is 29.9 Å². The average molecular weight is 340 g/mol. The maximum absolute atomic E-state index is 13.4. The largest absolute Gasteiger partial charge is 0.543 e. The van der Waals surface area contributed by atoms with Gasteiger partial charge in [-0.15, -0.1) is 0 Å². The number of carboxylic acid groups (broad SMARTS) is 1. The molecule has 0 aliphatic carbocycles. The van der Waals surface area contributed by atoms with Crippen LogP contribution in [0.2, 0.25) is 0 Å². The Balaban J connectivity index is 2.02. The molecular weight excluding hydrogens is 327 g/mol. The van der Waals surface area contributed by atoms with Gasteiger partial charge in [0.2, 0.25) is 0 Å². The highest BCUT2D eigenvalue weighted by atomic mass is 19.4. The molecule has 1 aliphatic heterocycles. The van der Waals surface area contributed by atoms with Gasteiger partial charge in [0.25, 0.3) is 0 Å². The van der Waals surface area contributed by atoms with E-state index in [0.29, 0.717) is 16.0 Å². The first-order valence-corrected chi connectivity index (χ1v) is 7.07. The molecule has 9 heteroatoms. The van der Waals surface area contributed by atoms with Crippen LogP contribution in [0.1, 0.15) is 34.6 Å². The van der Waals surface area contributed by atoms with Crippen molar-refractivity contribution in [1.82, 2.24) is 9.78 Å². The van der Waals surface area contributed by atoms with E-state index in [1.807, 2.05) is 0 Å². The third-order valence-electron chi connectivity index (χ3n) is 3.90. The summed E-state index contributed by atoms with van der Waals surface area (Å²) in [4.78, 5) is 10.9. The van der Waals surface area contributed by atoms with Crippen LogP contribution < -0.4 is 15.2 Å². The smallest absolute Gasteiger partial charge is 0.410 e. The third kappa shape index (κ3) is 2.89. The van der Waals surface area contributed by atoms with Crippen molar-refractivity contribution in [2.75, 3.05) is 12.4 Å². The minimum absolute atomic E-state index is 0.0180. The minimum Gasteiger partial charge on any atom is -0.543 e. The highest BCUT2D eigenvalue weighted by molar-refractivity contribution is 5.84.